The molecule has 2 N–H and O–H groups in total. The predicted molar refractivity (Wildman–Crippen MR) is 79.0 cm³/mol. The van der Waals surface area contributed by atoms with Crippen LogP contribution in [-0.4, -0.2) is 29.8 Å². The summed E-state index contributed by atoms with van der Waals surface area (Å²) in [5.74, 6) is -1.21. The van der Waals surface area contributed by atoms with Gasteiger partial charge in [-0.2, -0.15) is 0 Å². The number of hydrogen-bond acceptors (Lipinski definition) is 5. The molecular weight excluding hydrogens is 296 g/mol. The van der Waals surface area contributed by atoms with Gasteiger partial charge in [0.1, 0.15) is 5.25 Å². The average Bonchev–Trinajstić information content (AvgIpc) is 2.76. The number of fused-ring (bicyclic) bond motifs is 1. The highest BCUT2D eigenvalue weighted by atomic mass is 32.2. The maximum Gasteiger partial charge on any atom is 0.417 e. The molecule has 2 rings (SSSR count). The molecule has 0 unspecified atom stereocenters. The zero-order chi connectivity index (χ0) is 15.8. The molecule has 0 saturated carbocycles. The first kappa shape index (κ1) is 15.3. The van der Waals surface area contributed by atoms with Gasteiger partial charge in [-0.25, -0.2) is 13.2 Å². The highest BCUT2D eigenvalue weighted by Gasteiger charge is 2.30. The van der Waals surface area contributed by atoms with E-state index in [1.807, 2.05) is 0 Å². The molecule has 8 heteroatoms. The van der Waals surface area contributed by atoms with Crippen LogP contribution in [0.5, 0.6) is 0 Å². The van der Waals surface area contributed by atoms with Crippen LogP contribution in [0.25, 0.3) is 11.1 Å². The minimum Gasteiger partial charge on any atom is -0.408 e. The summed E-state index contributed by atoms with van der Waals surface area (Å²) in [4.78, 5) is 25.5. The van der Waals surface area contributed by atoms with Gasteiger partial charge in [-0.1, -0.05) is 0 Å². The van der Waals surface area contributed by atoms with Gasteiger partial charge in [-0.05, 0) is 39.0 Å². The van der Waals surface area contributed by atoms with E-state index in [0.717, 1.165) is 0 Å². The van der Waals surface area contributed by atoms with Gasteiger partial charge in [0.2, 0.25) is 5.91 Å². The Kier molecular flexibility index (Phi) is 3.91. The number of aromatic amines is 1. The Bertz CT molecular complexity index is 832. The van der Waals surface area contributed by atoms with E-state index in [-0.39, 0.29) is 0 Å². The van der Waals surface area contributed by atoms with Gasteiger partial charge in [0.05, 0.1) is 10.8 Å². The monoisotopic (exact) mass is 312 g/mol. The second-order valence-corrected chi connectivity index (χ2v) is 7.82. The van der Waals surface area contributed by atoms with Gasteiger partial charge in [-0.3, -0.25) is 9.78 Å². The second kappa shape index (κ2) is 5.36. The van der Waals surface area contributed by atoms with Crippen molar-refractivity contribution >= 4 is 32.5 Å². The number of oxazole rings is 1. The number of H-pyrrole nitrogens is 1. The van der Waals surface area contributed by atoms with E-state index in [1.165, 1.54) is 39.0 Å². The van der Waals surface area contributed by atoms with E-state index in [4.69, 9.17) is 4.42 Å². The predicted octanol–water partition coefficient (Wildman–Crippen LogP) is 1.27. The third kappa shape index (κ3) is 2.99. The fourth-order valence-electron chi connectivity index (χ4n) is 1.83. The van der Waals surface area contributed by atoms with Crippen LogP contribution in [0.15, 0.2) is 27.4 Å². The number of carbonyl (C=O) groups excluding carboxylic acids is 1. The number of hydrogen-bond donors (Lipinski definition) is 2. The number of aromatic nitrogens is 1. The van der Waals surface area contributed by atoms with Crippen molar-refractivity contribution in [2.45, 2.75) is 31.3 Å². The largest absolute Gasteiger partial charge is 0.417 e. The first-order valence-electron chi connectivity index (χ1n) is 6.38. The molecule has 0 fully saturated rings. The summed E-state index contributed by atoms with van der Waals surface area (Å²) in [6, 6.07) is 4.56. The molecule has 1 heterocycles. The van der Waals surface area contributed by atoms with Crippen LogP contribution in [0.2, 0.25) is 0 Å². The Morgan fingerprint density at radius 2 is 1.95 bits per heavy atom. The summed E-state index contributed by atoms with van der Waals surface area (Å²) in [5.41, 5.74) is 1.17. The molecule has 0 bridgehead atoms. The van der Waals surface area contributed by atoms with Gasteiger partial charge in [0.15, 0.2) is 15.4 Å². The Balaban J connectivity index is 2.23. The van der Waals surface area contributed by atoms with E-state index in [0.29, 0.717) is 16.8 Å². The molecule has 1 aromatic heterocycles. The summed E-state index contributed by atoms with van der Waals surface area (Å²) in [7, 11) is -3.52. The zero-order valence-corrected chi connectivity index (χ0v) is 12.7. The van der Waals surface area contributed by atoms with Crippen molar-refractivity contribution in [2.24, 2.45) is 0 Å². The number of amides is 1. The van der Waals surface area contributed by atoms with Crippen molar-refractivity contribution in [1.29, 1.82) is 0 Å². The second-order valence-electron chi connectivity index (χ2n) is 4.99. The molecule has 2 aromatic rings. The van der Waals surface area contributed by atoms with E-state index < -0.39 is 32.0 Å². The SMILES string of the molecule is CC(C)S(=O)(=O)[C@H](C)C(=O)Nc1ccc2oc(=O)[nH]c2c1. The Labute approximate surface area is 121 Å². The third-order valence-corrected chi connectivity index (χ3v) is 5.72. The number of anilines is 1. The molecular formula is C13H16N2O5S. The van der Waals surface area contributed by atoms with Gasteiger partial charge in [-0.15, -0.1) is 0 Å². The van der Waals surface area contributed by atoms with E-state index in [2.05, 4.69) is 10.3 Å². The molecule has 0 aliphatic heterocycles. The van der Waals surface area contributed by atoms with E-state index >= 15 is 0 Å². The number of sulfone groups is 1. The van der Waals surface area contributed by atoms with Crippen LogP contribution in [-0.2, 0) is 14.6 Å². The summed E-state index contributed by atoms with van der Waals surface area (Å²) < 4.78 is 28.8. The Morgan fingerprint density at radius 3 is 2.57 bits per heavy atom. The molecule has 0 radical (unpaired) electrons. The number of nitrogens with one attached hydrogen (secondary N) is 2. The molecule has 21 heavy (non-hydrogen) atoms. The van der Waals surface area contributed by atoms with Crippen molar-refractivity contribution in [3.05, 3.63) is 28.7 Å². The average molecular weight is 312 g/mol. The van der Waals surface area contributed by atoms with E-state index in [9.17, 15) is 18.0 Å². The normalized spacial score (nSPS) is 13.5. The molecule has 1 amide bonds. The quantitative estimate of drug-likeness (QED) is 0.883. The van der Waals surface area contributed by atoms with Crippen molar-refractivity contribution in [1.82, 2.24) is 4.98 Å². The first-order chi connectivity index (χ1) is 9.71. The van der Waals surface area contributed by atoms with Crippen molar-refractivity contribution in [2.75, 3.05) is 5.32 Å². The highest BCUT2D eigenvalue weighted by Crippen LogP contribution is 2.17. The topological polar surface area (TPSA) is 109 Å². The molecule has 114 valence electrons. The molecule has 0 saturated heterocycles. The van der Waals surface area contributed by atoms with Crippen LogP contribution >= 0.6 is 0 Å². The maximum absolute atomic E-state index is 12.0. The van der Waals surface area contributed by atoms with Crippen LogP contribution in [0.4, 0.5) is 5.69 Å². The minimum absolute atomic E-state index is 0.362. The fourth-order valence-corrected chi connectivity index (χ4v) is 3.00. The smallest absolute Gasteiger partial charge is 0.408 e. The van der Waals surface area contributed by atoms with Gasteiger partial charge in [0.25, 0.3) is 0 Å². The van der Waals surface area contributed by atoms with Crippen LogP contribution in [0.3, 0.4) is 0 Å². The molecule has 7 nitrogen and oxygen atoms in total. The van der Waals surface area contributed by atoms with Gasteiger partial charge < -0.3 is 9.73 Å². The lowest BCUT2D eigenvalue weighted by atomic mass is 10.3. The number of benzene rings is 1. The molecule has 0 spiro atoms. The maximum atomic E-state index is 12.0. The summed E-state index contributed by atoms with van der Waals surface area (Å²) in [6.45, 7) is 4.41. The lowest BCUT2D eigenvalue weighted by Gasteiger charge is -2.15. The zero-order valence-electron chi connectivity index (χ0n) is 11.8. The van der Waals surface area contributed by atoms with Crippen LogP contribution < -0.4 is 11.1 Å². The molecule has 0 aliphatic rings. The number of carbonyl (C=O) groups is 1. The summed E-state index contributed by atoms with van der Waals surface area (Å²) >= 11 is 0. The van der Waals surface area contributed by atoms with Crippen molar-refractivity contribution < 1.29 is 17.6 Å². The summed E-state index contributed by atoms with van der Waals surface area (Å²) in [5, 5.41) is 0.733. The van der Waals surface area contributed by atoms with E-state index in [1.54, 1.807) is 0 Å². The van der Waals surface area contributed by atoms with Crippen molar-refractivity contribution in [3.63, 3.8) is 0 Å². The van der Waals surface area contributed by atoms with Crippen LogP contribution in [0.1, 0.15) is 20.8 Å². The van der Waals surface area contributed by atoms with Crippen molar-refractivity contribution in [3.8, 4) is 0 Å². The molecule has 1 atom stereocenters. The minimum atomic E-state index is -3.52. The molecule has 1 aromatic carbocycles. The molecule has 0 aliphatic carbocycles. The third-order valence-electron chi connectivity index (χ3n) is 3.21. The lowest BCUT2D eigenvalue weighted by molar-refractivity contribution is -0.115. The van der Waals surface area contributed by atoms with Gasteiger partial charge in [0, 0.05) is 5.69 Å². The number of rotatable bonds is 4. The van der Waals surface area contributed by atoms with Crippen LogP contribution in [0, 0.1) is 0 Å². The lowest BCUT2D eigenvalue weighted by Crippen LogP contribution is -2.36. The first-order valence-corrected chi connectivity index (χ1v) is 7.99. The Morgan fingerprint density at radius 1 is 1.29 bits per heavy atom. The highest BCUT2D eigenvalue weighted by molar-refractivity contribution is 7.93. The summed E-state index contributed by atoms with van der Waals surface area (Å²) in [6.07, 6.45) is 0. The van der Waals surface area contributed by atoms with Gasteiger partial charge >= 0.3 is 5.76 Å². The standard InChI is InChI=1S/C13H16N2O5S/c1-7(2)21(18,19)8(3)12(16)14-9-4-5-11-10(6-9)15-13(17)20-11/h4-8H,1-3H3,(H,14,16)(H,15,17)/t8-/m1/s1. The Hall–Kier alpha value is -2.09. The fraction of sp³-hybridized carbons (Fsp3) is 0.385.